The van der Waals surface area contributed by atoms with E-state index in [0.717, 1.165) is 109 Å². The molecule has 0 aromatic carbocycles. The molecule has 0 bridgehead atoms. The molecule has 0 aliphatic heterocycles. The second-order valence-electron chi connectivity index (χ2n) is 22.0. The van der Waals surface area contributed by atoms with Crippen molar-refractivity contribution < 1.29 is 28.6 Å². The summed E-state index contributed by atoms with van der Waals surface area (Å²) in [7, 11) is 0. The number of carbonyl (C=O) groups excluding carboxylic acids is 3. The summed E-state index contributed by atoms with van der Waals surface area (Å²) in [5.41, 5.74) is 0. The SMILES string of the molecule is CC/C=C\C/C=C\C/C=C\C/C=C\C/C=C\C/C=C\CCCCCCC(=O)OC(COC(=O)CCCCCCCC)COC(=O)CCCCCCCCCCCCCCCCCCCCCCCCCCCCCCC. The van der Waals surface area contributed by atoms with Gasteiger partial charge in [-0.15, -0.1) is 0 Å². The van der Waals surface area contributed by atoms with E-state index in [1.165, 1.54) is 186 Å². The van der Waals surface area contributed by atoms with E-state index in [-0.39, 0.29) is 31.1 Å². The van der Waals surface area contributed by atoms with E-state index < -0.39 is 6.10 Å². The molecule has 1 atom stereocenters. The Morgan fingerprint density at radius 1 is 0.276 bits per heavy atom. The fourth-order valence-corrected chi connectivity index (χ4v) is 9.57. The van der Waals surface area contributed by atoms with Gasteiger partial charge in [-0.05, 0) is 70.6 Å². The van der Waals surface area contributed by atoms with Crippen molar-refractivity contribution >= 4 is 17.9 Å². The summed E-state index contributed by atoms with van der Waals surface area (Å²) in [6.07, 6.45) is 83.9. The number of esters is 3. The maximum atomic E-state index is 12.8. The summed E-state index contributed by atoms with van der Waals surface area (Å²) in [6, 6.07) is 0. The zero-order valence-corrected chi connectivity index (χ0v) is 50.5. The standard InChI is InChI=1S/C70H124O6/c1-4-7-10-13-16-18-20-22-24-26-28-30-32-33-34-35-36-37-39-40-42-44-46-48-50-52-54-57-60-63-69(72)75-66-67(65-74-68(71)62-59-56-15-12-9-6-3)76-70(73)64-61-58-55-53-51-49-47-45-43-41-38-31-29-27-25-23-21-19-17-14-11-8-5-2/h8,11,17,19,23,25,29,31,41,43,47,49,67H,4-7,9-10,12-16,18,20-22,24,26-28,30,32-40,42,44-46,48,50-66H2,1-3H3/b11-8-,19-17-,25-23-,31-29-,43-41-,49-47-. The highest BCUT2D eigenvalue weighted by Gasteiger charge is 2.19. The van der Waals surface area contributed by atoms with Crippen molar-refractivity contribution in [3.63, 3.8) is 0 Å². The van der Waals surface area contributed by atoms with Crippen LogP contribution >= 0.6 is 0 Å². The first kappa shape index (κ1) is 72.8. The maximum Gasteiger partial charge on any atom is 0.306 e. The molecule has 0 aliphatic carbocycles. The van der Waals surface area contributed by atoms with Crippen molar-refractivity contribution in [2.24, 2.45) is 0 Å². The van der Waals surface area contributed by atoms with Gasteiger partial charge in [0.1, 0.15) is 13.2 Å². The highest BCUT2D eigenvalue weighted by atomic mass is 16.6. The highest BCUT2D eigenvalue weighted by molar-refractivity contribution is 5.71. The van der Waals surface area contributed by atoms with Crippen molar-refractivity contribution in [2.45, 2.75) is 341 Å². The van der Waals surface area contributed by atoms with Gasteiger partial charge in [0.25, 0.3) is 0 Å². The van der Waals surface area contributed by atoms with E-state index >= 15 is 0 Å². The van der Waals surface area contributed by atoms with Gasteiger partial charge in [-0.2, -0.15) is 0 Å². The molecule has 440 valence electrons. The van der Waals surface area contributed by atoms with Crippen molar-refractivity contribution in [3.05, 3.63) is 72.9 Å². The van der Waals surface area contributed by atoms with E-state index in [4.69, 9.17) is 14.2 Å². The number of ether oxygens (including phenoxy) is 3. The third-order valence-corrected chi connectivity index (χ3v) is 14.5. The van der Waals surface area contributed by atoms with Crippen LogP contribution in [0.1, 0.15) is 335 Å². The maximum absolute atomic E-state index is 12.8. The lowest BCUT2D eigenvalue weighted by atomic mass is 10.0. The van der Waals surface area contributed by atoms with E-state index in [1.54, 1.807) is 0 Å². The lowest BCUT2D eigenvalue weighted by molar-refractivity contribution is -0.167. The predicted molar refractivity (Wildman–Crippen MR) is 330 cm³/mol. The Morgan fingerprint density at radius 2 is 0.513 bits per heavy atom. The third kappa shape index (κ3) is 61.7. The first-order valence-corrected chi connectivity index (χ1v) is 32.9. The number of hydrogen-bond donors (Lipinski definition) is 0. The minimum atomic E-state index is -0.786. The van der Waals surface area contributed by atoms with Crippen LogP contribution in [-0.2, 0) is 28.6 Å². The molecule has 0 aliphatic rings. The second kappa shape index (κ2) is 64.4. The fraction of sp³-hybridized carbons (Fsp3) is 0.786. The monoisotopic (exact) mass is 1060 g/mol. The molecule has 6 heteroatoms. The van der Waals surface area contributed by atoms with Crippen molar-refractivity contribution in [1.82, 2.24) is 0 Å². The molecular formula is C70H124O6. The first-order valence-electron chi connectivity index (χ1n) is 32.9. The summed E-state index contributed by atoms with van der Waals surface area (Å²) < 4.78 is 16.8. The van der Waals surface area contributed by atoms with Gasteiger partial charge in [0, 0.05) is 19.3 Å². The summed E-state index contributed by atoms with van der Waals surface area (Å²) in [5, 5.41) is 0. The van der Waals surface area contributed by atoms with Gasteiger partial charge >= 0.3 is 17.9 Å². The molecule has 0 aromatic rings. The van der Waals surface area contributed by atoms with Crippen molar-refractivity contribution in [2.75, 3.05) is 13.2 Å². The molecule has 76 heavy (non-hydrogen) atoms. The van der Waals surface area contributed by atoms with Gasteiger partial charge in [-0.25, -0.2) is 0 Å². The smallest absolute Gasteiger partial charge is 0.306 e. The van der Waals surface area contributed by atoms with E-state index in [0.29, 0.717) is 19.3 Å². The normalized spacial score (nSPS) is 12.5. The second-order valence-corrected chi connectivity index (χ2v) is 22.0. The van der Waals surface area contributed by atoms with Gasteiger partial charge in [0.2, 0.25) is 0 Å². The van der Waals surface area contributed by atoms with Crippen molar-refractivity contribution in [1.29, 1.82) is 0 Å². The molecule has 0 radical (unpaired) electrons. The molecule has 0 N–H and O–H groups in total. The molecule has 1 unspecified atom stereocenters. The van der Waals surface area contributed by atoms with Gasteiger partial charge < -0.3 is 14.2 Å². The molecule has 0 spiro atoms. The fourth-order valence-electron chi connectivity index (χ4n) is 9.57. The Hall–Kier alpha value is -3.15. The van der Waals surface area contributed by atoms with Gasteiger partial charge in [-0.3, -0.25) is 14.4 Å². The Balaban J connectivity index is 4.06. The molecule has 0 saturated heterocycles. The Bertz CT molecular complexity index is 1400. The van der Waals surface area contributed by atoms with E-state index in [1.807, 2.05) is 0 Å². The van der Waals surface area contributed by atoms with Crippen LogP contribution in [-0.4, -0.2) is 37.2 Å². The number of rotatable bonds is 60. The topological polar surface area (TPSA) is 78.9 Å². The van der Waals surface area contributed by atoms with Crippen LogP contribution in [0.2, 0.25) is 0 Å². The van der Waals surface area contributed by atoms with Gasteiger partial charge in [0.05, 0.1) is 0 Å². The molecule has 0 saturated carbocycles. The van der Waals surface area contributed by atoms with Crippen LogP contribution in [0, 0.1) is 0 Å². The van der Waals surface area contributed by atoms with E-state index in [9.17, 15) is 14.4 Å². The van der Waals surface area contributed by atoms with Crippen LogP contribution in [0.4, 0.5) is 0 Å². The van der Waals surface area contributed by atoms with Crippen LogP contribution in [0.3, 0.4) is 0 Å². The molecule has 0 amide bonds. The Labute approximate surface area is 472 Å². The zero-order valence-electron chi connectivity index (χ0n) is 50.5. The summed E-state index contributed by atoms with van der Waals surface area (Å²) in [6.45, 7) is 6.49. The lowest BCUT2D eigenvalue weighted by Crippen LogP contribution is -2.30. The zero-order chi connectivity index (χ0) is 55.0. The Morgan fingerprint density at radius 3 is 0.803 bits per heavy atom. The number of hydrogen-bond acceptors (Lipinski definition) is 6. The molecule has 0 fully saturated rings. The summed E-state index contributed by atoms with van der Waals surface area (Å²) in [5.74, 6) is -0.905. The largest absolute Gasteiger partial charge is 0.462 e. The lowest BCUT2D eigenvalue weighted by Gasteiger charge is -2.18. The van der Waals surface area contributed by atoms with Gasteiger partial charge in [0.15, 0.2) is 6.10 Å². The van der Waals surface area contributed by atoms with Crippen molar-refractivity contribution in [3.8, 4) is 0 Å². The summed E-state index contributed by atoms with van der Waals surface area (Å²) in [4.78, 5) is 38.0. The minimum absolute atomic E-state index is 0.0829. The Kier molecular flexibility index (Phi) is 61.7. The molecular weight excluding hydrogens is 937 g/mol. The highest BCUT2D eigenvalue weighted by Crippen LogP contribution is 2.18. The number of carbonyl (C=O) groups is 3. The molecule has 0 heterocycles. The molecule has 0 aromatic heterocycles. The molecule has 0 rings (SSSR count). The average Bonchev–Trinajstić information content (AvgIpc) is 3.42. The van der Waals surface area contributed by atoms with Gasteiger partial charge in [-0.1, -0.05) is 318 Å². The summed E-state index contributed by atoms with van der Waals surface area (Å²) >= 11 is 0. The van der Waals surface area contributed by atoms with E-state index in [2.05, 4.69) is 93.7 Å². The first-order chi connectivity index (χ1) is 37.5. The molecule has 6 nitrogen and oxygen atoms in total. The van der Waals surface area contributed by atoms with Crippen LogP contribution < -0.4 is 0 Å². The average molecular weight is 1060 g/mol. The van der Waals surface area contributed by atoms with Crippen LogP contribution in [0.15, 0.2) is 72.9 Å². The van der Waals surface area contributed by atoms with Crippen LogP contribution in [0.5, 0.6) is 0 Å². The third-order valence-electron chi connectivity index (χ3n) is 14.5. The number of allylic oxidation sites excluding steroid dienone is 12. The quantitative estimate of drug-likeness (QED) is 0.0261. The number of unbranched alkanes of at least 4 members (excludes halogenated alkanes) is 37. The predicted octanol–water partition coefficient (Wildman–Crippen LogP) is 22.5. The minimum Gasteiger partial charge on any atom is -0.462 e. The van der Waals surface area contributed by atoms with Crippen LogP contribution in [0.25, 0.3) is 0 Å².